The first-order chi connectivity index (χ1) is 7.40. The Bertz CT molecular complexity index is 401. The van der Waals surface area contributed by atoms with E-state index in [2.05, 4.69) is 0 Å². The van der Waals surface area contributed by atoms with E-state index in [1.807, 2.05) is 0 Å². The molecule has 1 aromatic carbocycles. The van der Waals surface area contributed by atoms with Crippen LogP contribution in [0.2, 0.25) is 0 Å². The lowest BCUT2D eigenvalue weighted by Gasteiger charge is -2.09. The van der Waals surface area contributed by atoms with Gasteiger partial charge in [-0.15, -0.1) is 0 Å². The Morgan fingerprint density at radius 3 is 1.69 bits per heavy atom. The average Bonchev–Trinajstić information content (AvgIpc) is 2.29. The zero-order valence-corrected chi connectivity index (χ0v) is 8.16. The molecule has 6 heteroatoms. The molecule has 0 saturated carbocycles. The highest BCUT2D eigenvalue weighted by Gasteiger charge is 2.26. The maximum atomic E-state index is 13.1. The number of halogens is 5. The molecule has 88 valence electrons. The number of aldehydes is 1. The van der Waals surface area contributed by atoms with Crippen LogP contribution in [0.15, 0.2) is 0 Å². The van der Waals surface area contributed by atoms with Crippen molar-refractivity contribution in [3.63, 3.8) is 0 Å². The summed E-state index contributed by atoms with van der Waals surface area (Å²) in [5, 5.41) is 0. The highest BCUT2D eigenvalue weighted by atomic mass is 19.2. The summed E-state index contributed by atoms with van der Waals surface area (Å²) in [5.41, 5.74) is -0.962. The van der Waals surface area contributed by atoms with Crippen LogP contribution in [0, 0.1) is 35.0 Å². The van der Waals surface area contributed by atoms with Crippen LogP contribution in [0.25, 0.3) is 0 Å². The predicted octanol–water partition coefficient (Wildman–Crippen LogP) is 2.76. The highest BCUT2D eigenvalue weighted by Crippen LogP contribution is 2.24. The van der Waals surface area contributed by atoms with Crippen molar-refractivity contribution in [1.29, 1.82) is 0 Å². The van der Waals surface area contributed by atoms with Gasteiger partial charge in [0.15, 0.2) is 23.3 Å². The lowest BCUT2D eigenvalue weighted by atomic mass is 10.0. The summed E-state index contributed by atoms with van der Waals surface area (Å²) in [4.78, 5) is 10.3. The Kier molecular flexibility index (Phi) is 3.62. The molecule has 0 spiro atoms. The summed E-state index contributed by atoms with van der Waals surface area (Å²) < 4.78 is 64.2. The Labute approximate surface area is 87.9 Å². The molecular weight excluding hydrogens is 231 g/mol. The van der Waals surface area contributed by atoms with E-state index < -0.39 is 47.0 Å². The van der Waals surface area contributed by atoms with Gasteiger partial charge in [-0.2, -0.15) is 0 Å². The molecule has 0 unspecified atom stereocenters. The van der Waals surface area contributed by atoms with E-state index in [0.717, 1.165) is 0 Å². The molecule has 0 fully saturated rings. The van der Waals surface area contributed by atoms with E-state index in [9.17, 15) is 26.7 Å². The standard InChI is InChI=1S/C10H7F5O/c1-4(3-16)2-5-6(11)8(13)10(15)9(14)7(5)12/h3-4H,2H2,1H3/t4-/m0/s1. The number of hydrogen-bond acceptors (Lipinski definition) is 1. The van der Waals surface area contributed by atoms with Gasteiger partial charge in [-0.3, -0.25) is 0 Å². The van der Waals surface area contributed by atoms with E-state index in [-0.39, 0.29) is 0 Å². The first-order valence-electron chi connectivity index (χ1n) is 4.35. The average molecular weight is 238 g/mol. The third-order valence-corrected chi connectivity index (χ3v) is 2.06. The Hall–Kier alpha value is -1.46. The fourth-order valence-electron chi connectivity index (χ4n) is 1.20. The lowest BCUT2D eigenvalue weighted by Crippen LogP contribution is -2.11. The molecule has 0 aliphatic heterocycles. The van der Waals surface area contributed by atoms with Gasteiger partial charge in [0.25, 0.3) is 0 Å². The predicted molar refractivity (Wildman–Crippen MR) is 45.2 cm³/mol. The van der Waals surface area contributed by atoms with E-state index in [0.29, 0.717) is 6.29 Å². The van der Waals surface area contributed by atoms with Crippen LogP contribution in [0.3, 0.4) is 0 Å². The summed E-state index contributed by atoms with van der Waals surface area (Å²) in [6.45, 7) is 1.31. The van der Waals surface area contributed by atoms with Crippen molar-refractivity contribution in [2.75, 3.05) is 0 Å². The smallest absolute Gasteiger partial charge is 0.200 e. The van der Waals surface area contributed by atoms with Gasteiger partial charge in [0, 0.05) is 11.5 Å². The summed E-state index contributed by atoms with van der Waals surface area (Å²) in [6, 6.07) is 0. The number of rotatable bonds is 3. The summed E-state index contributed by atoms with van der Waals surface area (Å²) in [6.07, 6.45) is -0.159. The van der Waals surface area contributed by atoms with Crippen LogP contribution >= 0.6 is 0 Å². The molecule has 0 N–H and O–H groups in total. The molecule has 1 rings (SSSR count). The van der Waals surface area contributed by atoms with Crippen molar-refractivity contribution in [2.24, 2.45) is 5.92 Å². The Morgan fingerprint density at radius 1 is 0.938 bits per heavy atom. The fraction of sp³-hybridized carbons (Fsp3) is 0.300. The van der Waals surface area contributed by atoms with Crippen molar-refractivity contribution in [2.45, 2.75) is 13.3 Å². The number of hydrogen-bond donors (Lipinski definition) is 0. The maximum absolute atomic E-state index is 13.1. The first kappa shape index (κ1) is 12.6. The minimum atomic E-state index is -2.20. The zero-order chi connectivity index (χ0) is 12.5. The van der Waals surface area contributed by atoms with Crippen LogP contribution in [0.1, 0.15) is 12.5 Å². The largest absolute Gasteiger partial charge is 0.303 e. The van der Waals surface area contributed by atoms with E-state index >= 15 is 0 Å². The third-order valence-electron chi connectivity index (χ3n) is 2.06. The molecule has 0 aliphatic rings. The topological polar surface area (TPSA) is 17.1 Å². The van der Waals surface area contributed by atoms with Gasteiger partial charge >= 0.3 is 0 Å². The second-order valence-corrected chi connectivity index (χ2v) is 3.37. The van der Waals surface area contributed by atoms with Crippen LogP contribution in [0.5, 0.6) is 0 Å². The molecule has 16 heavy (non-hydrogen) atoms. The van der Waals surface area contributed by atoms with Gasteiger partial charge in [-0.25, -0.2) is 22.0 Å². The van der Waals surface area contributed by atoms with Gasteiger partial charge in [0.2, 0.25) is 5.82 Å². The van der Waals surface area contributed by atoms with Gasteiger partial charge in [-0.05, 0) is 6.42 Å². The second-order valence-electron chi connectivity index (χ2n) is 3.37. The van der Waals surface area contributed by atoms with Crippen molar-refractivity contribution in [3.8, 4) is 0 Å². The lowest BCUT2D eigenvalue weighted by molar-refractivity contribution is -0.110. The monoisotopic (exact) mass is 238 g/mol. The van der Waals surface area contributed by atoms with E-state index in [4.69, 9.17) is 0 Å². The summed E-state index contributed by atoms with van der Waals surface area (Å²) >= 11 is 0. The quantitative estimate of drug-likeness (QED) is 0.342. The van der Waals surface area contributed by atoms with Gasteiger partial charge in [0.05, 0.1) is 0 Å². The Balaban J connectivity index is 3.33. The molecule has 0 aliphatic carbocycles. The third kappa shape index (κ3) is 2.05. The molecule has 0 bridgehead atoms. The van der Waals surface area contributed by atoms with Gasteiger partial charge in [0.1, 0.15) is 6.29 Å². The molecule has 1 nitrogen and oxygen atoms in total. The SMILES string of the molecule is C[C@H](C=O)Cc1c(F)c(F)c(F)c(F)c1F. The van der Waals surface area contributed by atoms with Crippen molar-refractivity contribution >= 4 is 6.29 Å². The van der Waals surface area contributed by atoms with Crippen LogP contribution in [-0.4, -0.2) is 6.29 Å². The van der Waals surface area contributed by atoms with E-state index in [1.165, 1.54) is 6.92 Å². The molecule has 0 amide bonds. The molecule has 1 aromatic rings. The molecule has 0 heterocycles. The molecular formula is C10H7F5O. The van der Waals surface area contributed by atoms with Crippen LogP contribution in [0.4, 0.5) is 22.0 Å². The fourth-order valence-corrected chi connectivity index (χ4v) is 1.20. The normalized spacial score (nSPS) is 12.6. The number of carbonyl (C=O) groups is 1. The van der Waals surface area contributed by atoms with Crippen molar-refractivity contribution < 1.29 is 26.7 Å². The number of benzene rings is 1. The van der Waals surface area contributed by atoms with E-state index in [1.54, 1.807) is 0 Å². The number of carbonyl (C=O) groups excluding carboxylic acids is 1. The maximum Gasteiger partial charge on any atom is 0.200 e. The first-order valence-corrected chi connectivity index (χ1v) is 4.35. The molecule has 0 aromatic heterocycles. The molecule has 1 atom stereocenters. The zero-order valence-electron chi connectivity index (χ0n) is 8.16. The molecule has 0 radical (unpaired) electrons. The minimum Gasteiger partial charge on any atom is -0.303 e. The van der Waals surface area contributed by atoms with Crippen LogP contribution < -0.4 is 0 Å². The summed E-state index contributed by atoms with van der Waals surface area (Å²) in [7, 11) is 0. The van der Waals surface area contributed by atoms with Crippen molar-refractivity contribution in [3.05, 3.63) is 34.6 Å². The van der Waals surface area contributed by atoms with Crippen molar-refractivity contribution in [1.82, 2.24) is 0 Å². The van der Waals surface area contributed by atoms with Gasteiger partial charge < -0.3 is 4.79 Å². The van der Waals surface area contributed by atoms with Crippen LogP contribution in [-0.2, 0) is 11.2 Å². The second kappa shape index (κ2) is 4.59. The highest BCUT2D eigenvalue weighted by molar-refractivity contribution is 5.53. The minimum absolute atomic E-state index is 0.373. The Morgan fingerprint density at radius 2 is 1.31 bits per heavy atom. The van der Waals surface area contributed by atoms with Gasteiger partial charge in [-0.1, -0.05) is 6.92 Å². The molecule has 0 saturated heterocycles. The summed E-state index contributed by atoms with van der Waals surface area (Å²) in [5.74, 6) is -10.8.